The molecule has 0 spiro atoms. The van der Waals surface area contributed by atoms with Crippen LogP contribution in [0, 0.1) is 0 Å². The Hall–Kier alpha value is -0.720. The fourth-order valence-corrected chi connectivity index (χ4v) is 2.94. The number of thioether (sulfide) groups is 1. The second-order valence-electron chi connectivity index (χ2n) is 4.41. The maximum absolute atomic E-state index is 13.0. The van der Waals surface area contributed by atoms with Gasteiger partial charge in [0, 0.05) is 23.7 Å². The van der Waals surface area contributed by atoms with Gasteiger partial charge in [-0.1, -0.05) is 19.9 Å². The van der Waals surface area contributed by atoms with Crippen molar-refractivity contribution in [3.05, 3.63) is 29.3 Å². The van der Waals surface area contributed by atoms with Crippen LogP contribution >= 0.6 is 11.8 Å². The summed E-state index contributed by atoms with van der Waals surface area (Å²) in [4.78, 5) is 2.47. The highest BCUT2D eigenvalue weighted by Gasteiger charge is 2.33. The molecule has 0 amide bonds. The Morgan fingerprint density at radius 2 is 1.85 bits per heavy atom. The van der Waals surface area contributed by atoms with Crippen LogP contribution in [0.4, 0.5) is 13.2 Å². The molecule has 0 heterocycles. The van der Waals surface area contributed by atoms with Crippen LogP contribution in [0.25, 0.3) is 0 Å². The summed E-state index contributed by atoms with van der Waals surface area (Å²) in [5.74, 6) is 0.646. The molecule has 0 saturated heterocycles. The van der Waals surface area contributed by atoms with E-state index in [1.807, 2.05) is 13.8 Å². The largest absolute Gasteiger partial charge is 0.417 e. The molecule has 6 heteroatoms. The highest BCUT2D eigenvalue weighted by atomic mass is 32.2. The minimum atomic E-state index is -4.33. The van der Waals surface area contributed by atoms with Gasteiger partial charge in [0.15, 0.2) is 0 Å². The third-order valence-electron chi connectivity index (χ3n) is 3.14. The van der Waals surface area contributed by atoms with Gasteiger partial charge in [0.05, 0.1) is 5.56 Å². The molecule has 1 rings (SSSR count). The van der Waals surface area contributed by atoms with Crippen molar-refractivity contribution in [2.75, 3.05) is 25.4 Å². The monoisotopic (exact) mass is 306 g/mol. The minimum Gasteiger partial charge on any atom is -0.326 e. The molecule has 0 bridgehead atoms. The van der Waals surface area contributed by atoms with Crippen molar-refractivity contribution in [3.63, 3.8) is 0 Å². The van der Waals surface area contributed by atoms with E-state index in [0.29, 0.717) is 11.3 Å². The second kappa shape index (κ2) is 7.90. The fourth-order valence-electron chi connectivity index (χ4n) is 1.88. The van der Waals surface area contributed by atoms with E-state index < -0.39 is 11.7 Å². The maximum Gasteiger partial charge on any atom is 0.417 e. The molecule has 0 saturated carbocycles. The van der Waals surface area contributed by atoms with Crippen LogP contribution in [0.3, 0.4) is 0 Å². The van der Waals surface area contributed by atoms with Crippen molar-refractivity contribution in [3.8, 4) is 0 Å². The van der Waals surface area contributed by atoms with Crippen molar-refractivity contribution in [1.29, 1.82) is 0 Å². The van der Waals surface area contributed by atoms with Crippen molar-refractivity contribution >= 4 is 11.8 Å². The van der Waals surface area contributed by atoms with Gasteiger partial charge in [0.25, 0.3) is 0 Å². The van der Waals surface area contributed by atoms with Gasteiger partial charge in [0.1, 0.15) is 0 Å². The van der Waals surface area contributed by atoms with Gasteiger partial charge in [-0.3, -0.25) is 0 Å². The number of halogens is 3. The summed E-state index contributed by atoms with van der Waals surface area (Å²) < 4.78 is 39.1. The Labute approximate surface area is 122 Å². The molecule has 0 radical (unpaired) electrons. The van der Waals surface area contributed by atoms with Gasteiger partial charge >= 0.3 is 6.18 Å². The molecule has 1 aromatic carbocycles. The van der Waals surface area contributed by atoms with E-state index in [1.54, 1.807) is 6.07 Å². The lowest BCUT2D eigenvalue weighted by molar-refractivity contribution is -0.139. The number of hydrogen-bond acceptors (Lipinski definition) is 3. The zero-order valence-corrected chi connectivity index (χ0v) is 12.7. The molecule has 1 aromatic rings. The predicted molar refractivity (Wildman–Crippen MR) is 77.8 cm³/mol. The van der Waals surface area contributed by atoms with E-state index >= 15 is 0 Å². The van der Waals surface area contributed by atoms with Gasteiger partial charge in [-0.15, -0.1) is 11.8 Å². The average Bonchev–Trinajstić information content (AvgIpc) is 2.42. The summed E-state index contributed by atoms with van der Waals surface area (Å²) in [6, 6.07) is 4.34. The summed E-state index contributed by atoms with van der Waals surface area (Å²) in [6.07, 6.45) is -4.33. The molecular formula is C14H21F3N2S. The molecular weight excluding hydrogens is 285 g/mol. The first-order chi connectivity index (χ1) is 9.42. The Kier molecular flexibility index (Phi) is 6.85. The van der Waals surface area contributed by atoms with E-state index in [2.05, 4.69) is 4.90 Å². The normalized spacial score (nSPS) is 12.2. The van der Waals surface area contributed by atoms with Crippen LogP contribution in [0.15, 0.2) is 23.1 Å². The topological polar surface area (TPSA) is 29.3 Å². The zero-order valence-electron chi connectivity index (χ0n) is 11.8. The first-order valence-electron chi connectivity index (χ1n) is 6.67. The average molecular weight is 306 g/mol. The maximum atomic E-state index is 13.0. The summed E-state index contributed by atoms with van der Waals surface area (Å²) >= 11 is 1.25. The Balaban J connectivity index is 2.79. The number of alkyl halides is 3. The molecule has 20 heavy (non-hydrogen) atoms. The van der Waals surface area contributed by atoms with Crippen molar-refractivity contribution in [1.82, 2.24) is 4.90 Å². The molecule has 114 valence electrons. The van der Waals surface area contributed by atoms with Crippen LogP contribution in [-0.2, 0) is 12.7 Å². The van der Waals surface area contributed by atoms with E-state index in [4.69, 9.17) is 5.73 Å². The molecule has 2 nitrogen and oxygen atoms in total. The molecule has 0 aliphatic rings. The zero-order chi connectivity index (χ0) is 15.2. The van der Waals surface area contributed by atoms with Gasteiger partial charge in [-0.25, -0.2) is 0 Å². The molecule has 0 fully saturated rings. The Bertz CT molecular complexity index is 417. The third kappa shape index (κ3) is 5.00. The van der Waals surface area contributed by atoms with E-state index in [1.165, 1.54) is 17.8 Å². The Morgan fingerprint density at radius 1 is 1.20 bits per heavy atom. The van der Waals surface area contributed by atoms with E-state index in [0.717, 1.165) is 25.7 Å². The highest BCUT2D eigenvalue weighted by molar-refractivity contribution is 7.99. The first kappa shape index (κ1) is 17.3. The van der Waals surface area contributed by atoms with Crippen LogP contribution < -0.4 is 5.73 Å². The smallest absolute Gasteiger partial charge is 0.326 e. The number of benzene rings is 1. The molecule has 2 N–H and O–H groups in total. The van der Waals surface area contributed by atoms with Gasteiger partial charge in [-0.2, -0.15) is 13.2 Å². The SMILES string of the molecule is CCN(CC)CCSc1ccc(CN)cc1C(F)(F)F. The number of nitrogens with zero attached hydrogens (tertiary/aromatic N) is 1. The lowest BCUT2D eigenvalue weighted by atomic mass is 10.1. The van der Waals surface area contributed by atoms with Crippen molar-refractivity contribution in [2.45, 2.75) is 31.5 Å². The van der Waals surface area contributed by atoms with Crippen LogP contribution in [0.1, 0.15) is 25.0 Å². The lowest BCUT2D eigenvalue weighted by Crippen LogP contribution is -2.25. The van der Waals surface area contributed by atoms with Crippen LogP contribution in [0.2, 0.25) is 0 Å². The standard InChI is InChI=1S/C14H21F3N2S/c1-3-19(4-2)7-8-20-13-6-5-11(10-18)9-12(13)14(15,16)17/h5-6,9H,3-4,7-8,10,18H2,1-2H3. The summed E-state index contributed by atoms with van der Waals surface area (Å²) in [7, 11) is 0. The molecule has 0 aliphatic heterocycles. The molecule has 0 aromatic heterocycles. The van der Waals surface area contributed by atoms with Crippen LogP contribution in [-0.4, -0.2) is 30.3 Å². The highest BCUT2D eigenvalue weighted by Crippen LogP contribution is 2.37. The summed E-state index contributed by atoms with van der Waals surface area (Å²) in [5, 5.41) is 0. The Morgan fingerprint density at radius 3 is 2.35 bits per heavy atom. The van der Waals surface area contributed by atoms with Gasteiger partial charge in [0.2, 0.25) is 0 Å². The predicted octanol–water partition coefficient (Wildman–Crippen LogP) is 3.60. The third-order valence-corrected chi connectivity index (χ3v) is 4.20. The minimum absolute atomic E-state index is 0.119. The van der Waals surface area contributed by atoms with E-state index in [9.17, 15) is 13.2 Å². The second-order valence-corrected chi connectivity index (χ2v) is 5.54. The molecule has 0 atom stereocenters. The lowest BCUT2D eigenvalue weighted by Gasteiger charge is -2.18. The number of hydrogen-bond donors (Lipinski definition) is 1. The summed E-state index contributed by atoms with van der Waals surface area (Å²) in [6.45, 7) is 6.82. The number of nitrogens with two attached hydrogens (primary N) is 1. The summed E-state index contributed by atoms with van der Waals surface area (Å²) in [5.41, 5.74) is 5.33. The van der Waals surface area contributed by atoms with Gasteiger partial charge in [-0.05, 0) is 30.8 Å². The van der Waals surface area contributed by atoms with E-state index in [-0.39, 0.29) is 11.4 Å². The number of rotatable bonds is 7. The van der Waals surface area contributed by atoms with Crippen molar-refractivity contribution < 1.29 is 13.2 Å². The van der Waals surface area contributed by atoms with Crippen molar-refractivity contribution in [2.24, 2.45) is 5.73 Å². The van der Waals surface area contributed by atoms with Gasteiger partial charge < -0.3 is 10.6 Å². The molecule has 0 unspecified atom stereocenters. The fraction of sp³-hybridized carbons (Fsp3) is 0.571. The quantitative estimate of drug-likeness (QED) is 0.781. The molecule has 0 aliphatic carbocycles. The van der Waals surface area contributed by atoms with Crippen LogP contribution in [0.5, 0.6) is 0 Å². The first-order valence-corrected chi connectivity index (χ1v) is 7.66.